The topological polar surface area (TPSA) is 173 Å². The number of para-hydroxylation sites is 2. The molecule has 2 N–H and O–H groups in total. The van der Waals surface area contributed by atoms with E-state index in [0.717, 1.165) is 11.3 Å². The van der Waals surface area contributed by atoms with Gasteiger partial charge in [0.25, 0.3) is 0 Å². The molecule has 0 unspecified atom stereocenters. The number of nitrogens with zero attached hydrogens (tertiary/aromatic N) is 4. The van der Waals surface area contributed by atoms with Gasteiger partial charge in [-0.2, -0.15) is 0 Å². The lowest BCUT2D eigenvalue weighted by Crippen LogP contribution is -2.32. The van der Waals surface area contributed by atoms with Crippen molar-refractivity contribution in [1.29, 1.82) is 0 Å². The van der Waals surface area contributed by atoms with Crippen LogP contribution in [-0.2, 0) is 27.3 Å². The number of halogens is 2. The van der Waals surface area contributed by atoms with Crippen LogP contribution in [0.4, 0.5) is 10.6 Å². The van der Waals surface area contributed by atoms with Gasteiger partial charge in [0.05, 0.1) is 40.4 Å². The Morgan fingerprint density at radius 3 is 1.92 bits per heavy atom. The third-order valence-electron chi connectivity index (χ3n) is 8.81. The molecule has 0 saturated carbocycles. The number of thioether (sulfide) groups is 1. The first kappa shape index (κ1) is 42.7. The van der Waals surface area contributed by atoms with Crippen LogP contribution in [0.2, 0.25) is 10.3 Å². The first-order chi connectivity index (χ1) is 28.2. The summed E-state index contributed by atoms with van der Waals surface area (Å²) < 4.78 is 19.1. The number of esters is 2. The number of nitrogens with one attached hydrogen (secondary N) is 2. The summed E-state index contributed by atoms with van der Waals surface area (Å²) in [6, 6.07) is 21.2. The summed E-state index contributed by atoms with van der Waals surface area (Å²) in [6.45, 7) is 9.67. The molecule has 0 saturated heterocycles. The Morgan fingerprint density at radius 2 is 1.32 bits per heavy atom. The molecule has 0 spiro atoms. The van der Waals surface area contributed by atoms with E-state index >= 15 is 0 Å². The van der Waals surface area contributed by atoms with Gasteiger partial charge in [0, 0.05) is 13.1 Å². The zero-order valence-corrected chi connectivity index (χ0v) is 35.3. The second-order valence-electron chi connectivity index (χ2n) is 13.9. The van der Waals surface area contributed by atoms with E-state index in [-0.39, 0.29) is 46.6 Å². The number of anilines is 1. The zero-order valence-electron chi connectivity index (χ0n) is 33.0. The Hall–Kier alpha value is -5.90. The van der Waals surface area contributed by atoms with Crippen LogP contribution in [0, 0.1) is 0 Å². The minimum atomic E-state index is -0.716. The summed E-state index contributed by atoms with van der Waals surface area (Å²) in [5.41, 5.74) is 2.25. The molecule has 4 aromatic heterocycles. The van der Waals surface area contributed by atoms with Crippen molar-refractivity contribution in [1.82, 2.24) is 24.4 Å². The maximum atomic E-state index is 13.3. The molecule has 7 rings (SSSR count). The third kappa shape index (κ3) is 8.92. The van der Waals surface area contributed by atoms with Crippen molar-refractivity contribution in [2.45, 2.75) is 58.3 Å². The van der Waals surface area contributed by atoms with Gasteiger partial charge in [-0.1, -0.05) is 59.6 Å². The van der Waals surface area contributed by atoms with Gasteiger partial charge in [0.2, 0.25) is 10.9 Å². The van der Waals surface area contributed by atoms with Crippen molar-refractivity contribution in [3.63, 3.8) is 0 Å². The van der Waals surface area contributed by atoms with E-state index in [4.69, 9.17) is 37.4 Å². The van der Waals surface area contributed by atoms with Crippen LogP contribution in [0.1, 0.15) is 66.5 Å². The van der Waals surface area contributed by atoms with Gasteiger partial charge in [-0.15, -0.1) is 11.8 Å². The molecular weight excluding hydrogens is 819 g/mol. The van der Waals surface area contributed by atoms with Crippen LogP contribution in [-0.4, -0.2) is 62.2 Å². The standard InChI is InChI=1S/C24H26ClN3O5S.C18H14ClN3O3/c1-6-32-22(30)18-19(29)15-11-12-17(25)27-20(15)28(21(18)34-5)16-10-8-7-9-14(16)13-26-23(31)33-24(2,3)4;1-2-25-18(24)14-15(23)11-7-8-13(19)21-16(11)22-12-6-4-3-5-10(12)9-20-17(14)22/h7-12H,6,13H2,1-5H3,(H,26,31);3-8,20H,2,9H2,1H3. The number of benzene rings is 2. The monoisotopic (exact) mass is 858 g/mol. The molecule has 1 aliphatic heterocycles. The molecule has 17 heteroatoms. The number of carbonyl (C=O) groups excluding carboxylic acids is 3. The maximum Gasteiger partial charge on any atom is 0.407 e. The Balaban J connectivity index is 0.000000207. The first-order valence-electron chi connectivity index (χ1n) is 18.4. The van der Waals surface area contributed by atoms with Gasteiger partial charge in [-0.05, 0) is 88.4 Å². The number of carbonyl (C=O) groups is 3. The zero-order chi connectivity index (χ0) is 42.6. The van der Waals surface area contributed by atoms with Crippen LogP contribution in [0.5, 0.6) is 0 Å². The second-order valence-corrected chi connectivity index (χ2v) is 15.4. The van der Waals surface area contributed by atoms with E-state index in [1.165, 1.54) is 30.0 Å². The maximum absolute atomic E-state index is 13.3. The number of rotatable bonds is 8. The molecule has 0 atom stereocenters. The molecular formula is C42H40Cl2N6O8S. The number of hydrogen-bond acceptors (Lipinski definition) is 12. The number of aromatic nitrogens is 4. The molecule has 6 aromatic rings. The van der Waals surface area contributed by atoms with E-state index in [9.17, 15) is 24.0 Å². The highest BCUT2D eigenvalue weighted by atomic mass is 35.5. The number of fused-ring (bicyclic) bond motifs is 6. The molecule has 0 aliphatic carbocycles. The van der Waals surface area contributed by atoms with Crippen LogP contribution < -0.4 is 21.5 Å². The predicted octanol–water partition coefficient (Wildman–Crippen LogP) is 8.10. The smallest absolute Gasteiger partial charge is 0.407 e. The van der Waals surface area contributed by atoms with Crippen molar-refractivity contribution in [3.8, 4) is 11.4 Å². The van der Waals surface area contributed by atoms with Crippen molar-refractivity contribution < 1.29 is 28.6 Å². The van der Waals surface area contributed by atoms with Crippen LogP contribution in [0.15, 0.2) is 87.4 Å². The first-order valence-corrected chi connectivity index (χ1v) is 20.4. The highest BCUT2D eigenvalue weighted by molar-refractivity contribution is 7.98. The van der Waals surface area contributed by atoms with Crippen molar-refractivity contribution in [2.24, 2.45) is 0 Å². The summed E-state index contributed by atoms with van der Waals surface area (Å²) >= 11 is 13.5. The molecule has 306 valence electrons. The van der Waals surface area contributed by atoms with E-state index in [0.29, 0.717) is 45.3 Å². The predicted molar refractivity (Wildman–Crippen MR) is 229 cm³/mol. The molecule has 5 heterocycles. The van der Waals surface area contributed by atoms with Crippen LogP contribution >= 0.6 is 35.0 Å². The number of hydrogen-bond donors (Lipinski definition) is 2. The fourth-order valence-electron chi connectivity index (χ4n) is 6.46. The Morgan fingerprint density at radius 1 is 0.780 bits per heavy atom. The molecule has 59 heavy (non-hydrogen) atoms. The minimum Gasteiger partial charge on any atom is -0.462 e. The van der Waals surface area contributed by atoms with Gasteiger partial charge in [-0.25, -0.2) is 24.4 Å². The van der Waals surface area contributed by atoms with Gasteiger partial charge in [-0.3, -0.25) is 18.7 Å². The Labute approximate surface area is 352 Å². The summed E-state index contributed by atoms with van der Waals surface area (Å²) in [5, 5.41) is 7.27. The SMILES string of the molecule is CCOC(=O)c1c(SC)n(-c2ccccc2CNC(=O)OC(C)(C)C)c2nc(Cl)ccc2c1=O.CCOC(=O)c1c2n(c3nc(Cl)ccc3c1=O)-c1ccccc1CN2. The molecule has 1 amide bonds. The average Bonchev–Trinajstić information content (AvgIpc) is 3.19. The second kappa shape index (κ2) is 17.9. The summed E-state index contributed by atoms with van der Waals surface area (Å²) in [7, 11) is 0. The van der Waals surface area contributed by atoms with Crippen molar-refractivity contribution in [3.05, 3.63) is 126 Å². The number of pyridine rings is 4. The van der Waals surface area contributed by atoms with Gasteiger partial charge >= 0.3 is 18.0 Å². The van der Waals surface area contributed by atoms with Gasteiger partial charge in [0.1, 0.15) is 32.9 Å². The fourth-order valence-corrected chi connectivity index (χ4v) is 7.49. The Bertz CT molecular complexity index is 2750. The van der Waals surface area contributed by atoms with Crippen LogP contribution in [0.25, 0.3) is 33.4 Å². The lowest BCUT2D eigenvalue weighted by Gasteiger charge is -2.26. The van der Waals surface area contributed by atoms with E-state index < -0.39 is 34.5 Å². The van der Waals surface area contributed by atoms with E-state index in [1.807, 2.05) is 48.5 Å². The normalized spacial score (nSPS) is 11.7. The van der Waals surface area contributed by atoms with Crippen LogP contribution in [0.3, 0.4) is 0 Å². The molecule has 0 bridgehead atoms. The molecule has 0 radical (unpaired) electrons. The summed E-state index contributed by atoms with van der Waals surface area (Å²) in [4.78, 5) is 72.4. The molecule has 2 aromatic carbocycles. The highest BCUT2D eigenvalue weighted by Crippen LogP contribution is 2.33. The molecule has 1 aliphatic rings. The highest BCUT2D eigenvalue weighted by Gasteiger charge is 2.29. The average molecular weight is 860 g/mol. The lowest BCUT2D eigenvalue weighted by molar-refractivity contribution is 0.0511. The van der Waals surface area contributed by atoms with Crippen molar-refractivity contribution in [2.75, 3.05) is 24.8 Å². The van der Waals surface area contributed by atoms with E-state index in [1.54, 1.807) is 56.1 Å². The minimum absolute atomic E-state index is 0.0204. The van der Waals surface area contributed by atoms with Crippen molar-refractivity contribution >= 4 is 80.9 Å². The number of alkyl carbamates (subject to hydrolysis) is 1. The molecule has 0 fully saturated rings. The largest absolute Gasteiger partial charge is 0.462 e. The van der Waals surface area contributed by atoms with Gasteiger partial charge < -0.3 is 24.8 Å². The van der Waals surface area contributed by atoms with E-state index in [2.05, 4.69) is 20.6 Å². The quantitative estimate of drug-likeness (QED) is 0.0653. The number of amides is 1. The number of ether oxygens (including phenoxy) is 3. The summed E-state index contributed by atoms with van der Waals surface area (Å²) in [6.07, 6.45) is 1.19. The fraction of sp³-hybridized carbons (Fsp3) is 0.262. The van der Waals surface area contributed by atoms with Gasteiger partial charge in [0.15, 0.2) is 11.3 Å². The molecule has 14 nitrogen and oxygen atoms in total. The summed E-state index contributed by atoms with van der Waals surface area (Å²) in [5.74, 6) is -0.990. The third-order valence-corrected chi connectivity index (χ3v) is 10.0. The lowest BCUT2D eigenvalue weighted by atomic mass is 10.1. The Kier molecular flexibility index (Phi) is 13.0.